The van der Waals surface area contributed by atoms with E-state index in [0.717, 1.165) is 37.1 Å². The number of benzene rings is 1. The van der Waals surface area contributed by atoms with Gasteiger partial charge >= 0.3 is 0 Å². The molecule has 3 aromatic rings. The normalized spacial score (nSPS) is 20.7. The lowest BCUT2D eigenvalue weighted by atomic mass is 9.95. The Hall–Kier alpha value is -2.67. The zero-order valence-corrected chi connectivity index (χ0v) is 14.0. The number of ether oxygens (including phenoxy) is 2. The smallest absolute Gasteiger partial charge is 0.261 e. The first-order valence-corrected chi connectivity index (χ1v) is 8.46. The van der Waals surface area contributed by atoms with Crippen LogP contribution in [0.5, 0.6) is 5.75 Å². The Morgan fingerprint density at radius 3 is 2.56 bits per heavy atom. The molecule has 2 heterocycles. The fraction of sp³-hybridized carbons (Fsp3) is 0.389. The number of nitrogens with zero attached hydrogens (tertiary/aromatic N) is 3. The van der Waals surface area contributed by atoms with Gasteiger partial charge in [-0.1, -0.05) is 0 Å². The summed E-state index contributed by atoms with van der Waals surface area (Å²) in [4.78, 5) is 18.5. The van der Waals surface area contributed by atoms with E-state index >= 15 is 0 Å². The van der Waals surface area contributed by atoms with Crippen LogP contribution in [0.2, 0.25) is 0 Å². The largest absolute Gasteiger partial charge is 0.490 e. The van der Waals surface area contributed by atoms with Gasteiger partial charge in [-0.05, 0) is 49.9 Å². The zero-order chi connectivity index (χ0) is 17.2. The lowest BCUT2D eigenvalue weighted by Crippen LogP contribution is -2.27. The van der Waals surface area contributed by atoms with E-state index in [1.54, 1.807) is 11.8 Å². The SMILES string of the molecule is COC1CCC(Oc2ccc(-n3ncc4c(=O)[nH]cnc43)cc2)CC1. The van der Waals surface area contributed by atoms with Crippen LogP contribution in [0.15, 0.2) is 41.6 Å². The third-order valence-corrected chi connectivity index (χ3v) is 4.71. The molecule has 2 aromatic heterocycles. The Morgan fingerprint density at radius 1 is 1.12 bits per heavy atom. The summed E-state index contributed by atoms with van der Waals surface area (Å²) >= 11 is 0. The minimum absolute atomic E-state index is 0.192. The summed E-state index contributed by atoms with van der Waals surface area (Å²) in [5.41, 5.74) is 1.18. The molecule has 1 aromatic carbocycles. The number of aromatic nitrogens is 4. The Kier molecular flexibility index (Phi) is 4.23. The van der Waals surface area contributed by atoms with Crippen LogP contribution in [0, 0.1) is 0 Å². The average molecular weight is 340 g/mol. The third kappa shape index (κ3) is 3.15. The van der Waals surface area contributed by atoms with Crippen molar-refractivity contribution in [3.8, 4) is 11.4 Å². The van der Waals surface area contributed by atoms with Gasteiger partial charge in [0.25, 0.3) is 5.56 Å². The first-order chi connectivity index (χ1) is 12.2. The molecule has 130 valence electrons. The van der Waals surface area contributed by atoms with Crippen LogP contribution in [0.3, 0.4) is 0 Å². The van der Waals surface area contributed by atoms with Crippen molar-refractivity contribution >= 4 is 11.0 Å². The van der Waals surface area contributed by atoms with E-state index in [0.29, 0.717) is 17.1 Å². The summed E-state index contributed by atoms with van der Waals surface area (Å²) in [7, 11) is 1.77. The van der Waals surface area contributed by atoms with Crippen molar-refractivity contribution in [1.82, 2.24) is 19.7 Å². The van der Waals surface area contributed by atoms with Gasteiger partial charge < -0.3 is 14.5 Å². The summed E-state index contributed by atoms with van der Waals surface area (Å²) in [6, 6.07) is 7.70. The van der Waals surface area contributed by atoms with Gasteiger partial charge in [-0.2, -0.15) is 5.10 Å². The highest BCUT2D eigenvalue weighted by Gasteiger charge is 2.22. The highest BCUT2D eigenvalue weighted by atomic mass is 16.5. The number of hydrogen-bond donors (Lipinski definition) is 1. The molecule has 1 fully saturated rings. The monoisotopic (exact) mass is 340 g/mol. The Balaban J connectivity index is 1.50. The number of nitrogens with one attached hydrogen (secondary N) is 1. The van der Waals surface area contributed by atoms with Crippen molar-refractivity contribution in [2.24, 2.45) is 0 Å². The molecule has 0 aliphatic heterocycles. The Labute approximate surface area is 144 Å². The van der Waals surface area contributed by atoms with E-state index < -0.39 is 0 Å². The molecular formula is C18H20N4O3. The molecule has 0 unspecified atom stereocenters. The highest BCUT2D eigenvalue weighted by Crippen LogP contribution is 2.26. The molecule has 1 N–H and O–H groups in total. The molecule has 25 heavy (non-hydrogen) atoms. The maximum absolute atomic E-state index is 11.8. The van der Waals surface area contributed by atoms with Gasteiger partial charge in [-0.25, -0.2) is 9.67 Å². The fourth-order valence-corrected chi connectivity index (χ4v) is 3.29. The third-order valence-electron chi connectivity index (χ3n) is 4.71. The first-order valence-electron chi connectivity index (χ1n) is 8.46. The summed E-state index contributed by atoms with van der Waals surface area (Å²) < 4.78 is 13.1. The van der Waals surface area contributed by atoms with Gasteiger partial charge in [-0.3, -0.25) is 4.79 Å². The van der Waals surface area contributed by atoms with Gasteiger partial charge in [-0.15, -0.1) is 0 Å². The van der Waals surface area contributed by atoms with Crippen LogP contribution >= 0.6 is 0 Å². The predicted octanol–water partition coefficient (Wildman–Crippen LogP) is 2.45. The molecule has 0 spiro atoms. The van der Waals surface area contributed by atoms with Crippen LogP contribution in [0.25, 0.3) is 16.7 Å². The standard InChI is InChI=1S/C18H20N4O3/c1-24-13-6-8-15(9-7-13)25-14-4-2-12(3-5-14)22-17-16(10-21-22)18(23)20-11-19-17/h2-5,10-11,13,15H,6-9H2,1H3,(H,19,20,23). The van der Waals surface area contributed by atoms with Gasteiger partial charge in [0.2, 0.25) is 0 Å². The van der Waals surface area contributed by atoms with Crippen LogP contribution in [0.1, 0.15) is 25.7 Å². The summed E-state index contributed by atoms with van der Waals surface area (Å²) in [6.07, 6.45) is 7.62. The van der Waals surface area contributed by atoms with Crippen molar-refractivity contribution in [1.29, 1.82) is 0 Å². The number of methoxy groups -OCH3 is 1. The molecule has 7 heteroatoms. The van der Waals surface area contributed by atoms with Crippen LogP contribution in [-0.4, -0.2) is 39.1 Å². The number of fused-ring (bicyclic) bond motifs is 1. The molecule has 1 aliphatic carbocycles. The van der Waals surface area contributed by atoms with Gasteiger partial charge in [0.05, 0.1) is 30.4 Å². The predicted molar refractivity (Wildman–Crippen MR) is 93.2 cm³/mol. The number of H-pyrrole nitrogens is 1. The average Bonchev–Trinajstić information content (AvgIpc) is 3.09. The molecule has 1 saturated carbocycles. The molecule has 0 bridgehead atoms. The number of hydrogen-bond acceptors (Lipinski definition) is 5. The molecule has 0 radical (unpaired) electrons. The van der Waals surface area contributed by atoms with E-state index in [9.17, 15) is 4.79 Å². The Bertz CT molecular complexity index is 908. The minimum Gasteiger partial charge on any atom is -0.490 e. The molecule has 0 atom stereocenters. The van der Waals surface area contributed by atoms with Gasteiger partial charge in [0.15, 0.2) is 5.65 Å². The maximum Gasteiger partial charge on any atom is 0.261 e. The quantitative estimate of drug-likeness (QED) is 0.789. The second-order valence-electron chi connectivity index (χ2n) is 6.27. The Morgan fingerprint density at radius 2 is 1.84 bits per heavy atom. The second kappa shape index (κ2) is 6.68. The molecule has 1 aliphatic rings. The molecule has 7 nitrogen and oxygen atoms in total. The van der Waals surface area contributed by atoms with Crippen LogP contribution in [-0.2, 0) is 4.74 Å². The first kappa shape index (κ1) is 15.8. The van der Waals surface area contributed by atoms with E-state index in [4.69, 9.17) is 9.47 Å². The van der Waals surface area contributed by atoms with Gasteiger partial charge in [0, 0.05) is 7.11 Å². The van der Waals surface area contributed by atoms with Gasteiger partial charge in [0.1, 0.15) is 11.1 Å². The van der Waals surface area contributed by atoms with Crippen LogP contribution in [0.4, 0.5) is 0 Å². The number of aromatic amines is 1. The van der Waals surface area contributed by atoms with Crippen LogP contribution < -0.4 is 10.3 Å². The maximum atomic E-state index is 11.8. The van der Waals surface area contributed by atoms with Crippen molar-refractivity contribution < 1.29 is 9.47 Å². The molecule has 0 amide bonds. The van der Waals surface area contributed by atoms with Crippen molar-refractivity contribution in [2.75, 3.05) is 7.11 Å². The lowest BCUT2D eigenvalue weighted by molar-refractivity contribution is 0.0327. The minimum atomic E-state index is -0.192. The molecule has 4 rings (SSSR count). The highest BCUT2D eigenvalue weighted by molar-refractivity contribution is 5.74. The molecule has 0 saturated heterocycles. The van der Waals surface area contributed by atoms with Crippen molar-refractivity contribution in [2.45, 2.75) is 37.9 Å². The van der Waals surface area contributed by atoms with Crippen molar-refractivity contribution in [3.63, 3.8) is 0 Å². The number of rotatable bonds is 4. The van der Waals surface area contributed by atoms with E-state index in [1.807, 2.05) is 24.3 Å². The molecular weight excluding hydrogens is 320 g/mol. The second-order valence-corrected chi connectivity index (χ2v) is 6.27. The summed E-state index contributed by atoms with van der Waals surface area (Å²) in [5, 5.41) is 4.74. The summed E-state index contributed by atoms with van der Waals surface area (Å²) in [5.74, 6) is 0.840. The van der Waals surface area contributed by atoms with E-state index in [-0.39, 0.29) is 11.7 Å². The van der Waals surface area contributed by atoms with Crippen molar-refractivity contribution in [3.05, 3.63) is 47.1 Å². The topological polar surface area (TPSA) is 82.0 Å². The summed E-state index contributed by atoms with van der Waals surface area (Å²) in [6.45, 7) is 0. The fourth-order valence-electron chi connectivity index (χ4n) is 3.29. The zero-order valence-electron chi connectivity index (χ0n) is 14.0. The lowest BCUT2D eigenvalue weighted by Gasteiger charge is -2.28. The van der Waals surface area contributed by atoms with E-state index in [2.05, 4.69) is 15.1 Å². The van der Waals surface area contributed by atoms with E-state index in [1.165, 1.54) is 12.5 Å².